The SMILES string of the molecule is C[C@]1(c2cc(NC(=O)c3cnc(OCC(F)(F)F)cn3)ccc2F)N=C(N)S[C@@]2(C(=O)N[C@H]3CC3(F)F)C[C@H]21. The molecule has 1 aromatic carbocycles. The Morgan fingerprint density at radius 2 is 1.92 bits per heavy atom. The van der Waals surface area contributed by atoms with Gasteiger partial charge in [-0.2, -0.15) is 13.2 Å². The van der Waals surface area contributed by atoms with Crippen molar-refractivity contribution in [1.82, 2.24) is 15.3 Å². The molecule has 4 N–H and O–H groups in total. The van der Waals surface area contributed by atoms with Crippen molar-refractivity contribution in [3.63, 3.8) is 0 Å². The Bertz CT molecular complexity index is 1370. The number of carbonyl (C=O) groups excluding carboxylic acids is 2. The molecule has 2 saturated carbocycles. The highest BCUT2D eigenvalue weighted by Gasteiger charge is 2.72. The molecule has 1 aromatic heterocycles. The predicted molar refractivity (Wildman–Crippen MR) is 127 cm³/mol. The molecule has 2 aromatic rings. The largest absolute Gasteiger partial charge is 0.467 e. The second-order valence-corrected chi connectivity index (χ2v) is 11.0. The van der Waals surface area contributed by atoms with E-state index < -0.39 is 70.9 Å². The number of aliphatic imine (C=N–C) groups is 1. The summed E-state index contributed by atoms with van der Waals surface area (Å²) in [6, 6.07) is 2.40. The fourth-order valence-electron chi connectivity index (χ4n) is 4.57. The number of hydrogen-bond acceptors (Lipinski definition) is 8. The molecular weight excluding hydrogens is 554 g/mol. The number of amidine groups is 1. The standard InChI is InChI=1S/C23H20F6N6O3S/c1-20(14-5-21(14,39-19(30)35-20)18(37)34-15-6-22(15,25)26)11-4-10(2-3-12(11)24)33-17(36)13-7-32-16(8-31-13)38-9-23(27,28)29/h2-4,7-8,14-15H,5-6,9H2,1H3,(H2,30,35)(H,33,36)(H,34,37)/t14-,15-,20+,21-/m0/s1. The molecule has 1 aliphatic heterocycles. The molecular formula is C23H20F6N6O3S. The second kappa shape index (κ2) is 8.99. The Balaban J connectivity index is 1.33. The average Bonchev–Trinajstić information content (AvgIpc) is 3.73. The first-order valence-electron chi connectivity index (χ1n) is 11.5. The van der Waals surface area contributed by atoms with E-state index in [0.29, 0.717) is 0 Å². The first-order valence-corrected chi connectivity index (χ1v) is 12.3. The van der Waals surface area contributed by atoms with Crippen LogP contribution in [0.15, 0.2) is 35.6 Å². The molecule has 9 nitrogen and oxygen atoms in total. The molecule has 5 rings (SSSR count). The minimum atomic E-state index is -4.57. The van der Waals surface area contributed by atoms with Crippen molar-refractivity contribution in [1.29, 1.82) is 0 Å². The lowest BCUT2D eigenvalue weighted by atomic mass is 9.85. The number of benzene rings is 1. The van der Waals surface area contributed by atoms with Crippen LogP contribution in [0.3, 0.4) is 0 Å². The number of carbonyl (C=O) groups is 2. The van der Waals surface area contributed by atoms with E-state index in [2.05, 4.69) is 30.3 Å². The van der Waals surface area contributed by atoms with Gasteiger partial charge in [0.05, 0.1) is 24.0 Å². The minimum Gasteiger partial charge on any atom is -0.467 e. The van der Waals surface area contributed by atoms with Crippen molar-refractivity contribution in [3.05, 3.63) is 47.7 Å². The van der Waals surface area contributed by atoms with E-state index in [0.717, 1.165) is 30.2 Å². The van der Waals surface area contributed by atoms with Gasteiger partial charge in [-0.3, -0.25) is 14.6 Å². The Hall–Kier alpha value is -3.56. The van der Waals surface area contributed by atoms with E-state index >= 15 is 4.39 Å². The number of thioether (sulfide) groups is 1. The van der Waals surface area contributed by atoms with Crippen LogP contribution in [0.5, 0.6) is 5.88 Å². The maximum Gasteiger partial charge on any atom is 0.422 e. The number of nitrogens with zero attached hydrogens (tertiary/aromatic N) is 3. The number of halogens is 6. The number of hydrogen-bond donors (Lipinski definition) is 3. The van der Waals surface area contributed by atoms with Crippen molar-refractivity contribution in [2.45, 2.75) is 48.2 Å². The third kappa shape index (κ3) is 5.21. The fourth-order valence-corrected chi connectivity index (χ4v) is 5.95. The molecule has 2 fully saturated rings. The minimum absolute atomic E-state index is 0.0131. The van der Waals surface area contributed by atoms with Crippen molar-refractivity contribution in [3.8, 4) is 5.88 Å². The normalized spacial score (nSPS) is 28.5. The van der Waals surface area contributed by atoms with E-state index in [-0.39, 0.29) is 28.5 Å². The second-order valence-electron chi connectivity index (χ2n) is 9.63. The van der Waals surface area contributed by atoms with E-state index in [9.17, 15) is 31.5 Å². The van der Waals surface area contributed by atoms with Crippen LogP contribution in [0, 0.1) is 11.7 Å². The molecule has 0 bridgehead atoms. The summed E-state index contributed by atoms with van der Waals surface area (Å²) < 4.78 is 81.9. The summed E-state index contributed by atoms with van der Waals surface area (Å²) in [6.07, 6.45) is -3.04. The summed E-state index contributed by atoms with van der Waals surface area (Å²) in [5.41, 5.74) is 4.53. The van der Waals surface area contributed by atoms with Crippen molar-refractivity contribution in [2.24, 2.45) is 16.6 Å². The third-order valence-corrected chi connectivity index (χ3v) is 8.05. The first-order chi connectivity index (χ1) is 18.1. The number of ether oxygens (including phenoxy) is 1. The van der Waals surface area contributed by atoms with Gasteiger partial charge in [-0.25, -0.2) is 23.1 Å². The first kappa shape index (κ1) is 27.0. The van der Waals surface area contributed by atoms with Crippen LogP contribution < -0.4 is 21.1 Å². The monoisotopic (exact) mass is 574 g/mol. The van der Waals surface area contributed by atoms with Gasteiger partial charge in [-0.1, -0.05) is 11.8 Å². The summed E-state index contributed by atoms with van der Waals surface area (Å²) >= 11 is 0.952. The maximum atomic E-state index is 15.1. The quantitative estimate of drug-likeness (QED) is 0.432. The number of nitrogens with two attached hydrogens (primary N) is 1. The van der Waals surface area contributed by atoms with Gasteiger partial charge in [-0.15, -0.1) is 0 Å². The number of aromatic nitrogens is 2. The zero-order chi connectivity index (χ0) is 28.4. The molecule has 39 heavy (non-hydrogen) atoms. The third-order valence-electron chi connectivity index (χ3n) is 6.75. The van der Waals surface area contributed by atoms with Crippen LogP contribution in [-0.4, -0.2) is 56.4 Å². The predicted octanol–water partition coefficient (Wildman–Crippen LogP) is 3.37. The highest BCUT2D eigenvalue weighted by molar-refractivity contribution is 8.15. The number of anilines is 1. The summed E-state index contributed by atoms with van der Waals surface area (Å²) in [6.45, 7) is -0.00693. The van der Waals surface area contributed by atoms with Crippen LogP contribution in [-0.2, 0) is 10.3 Å². The summed E-state index contributed by atoms with van der Waals surface area (Å²) in [5, 5.41) is 4.83. The molecule has 0 saturated heterocycles. The maximum absolute atomic E-state index is 15.1. The van der Waals surface area contributed by atoms with Crippen molar-refractivity contribution in [2.75, 3.05) is 11.9 Å². The zero-order valence-electron chi connectivity index (χ0n) is 20.0. The molecule has 208 valence electrons. The molecule has 3 aliphatic rings. The van der Waals surface area contributed by atoms with Crippen LogP contribution in [0.1, 0.15) is 35.8 Å². The van der Waals surface area contributed by atoms with Gasteiger partial charge in [0.2, 0.25) is 11.8 Å². The van der Waals surface area contributed by atoms with Gasteiger partial charge >= 0.3 is 6.18 Å². The van der Waals surface area contributed by atoms with Crippen LogP contribution in [0.4, 0.5) is 32.0 Å². The van der Waals surface area contributed by atoms with E-state index in [1.807, 2.05) is 0 Å². The van der Waals surface area contributed by atoms with Gasteiger partial charge in [0, 0.05) is 23.6 Å². The Labute approximate surface area is 221 Å². The topological polar surface area (TPSA) is 132 Å². The van der Waals surface area contributed by atoms with E-state index in [1.165, 1.54) is 12.1 Å². The van der Waals surface area contributed by atoms with Crippen LogP contribution in [0.25, 0.3) is 0 Å². The molecule has 2 amide bonds. The zero-order valence-corrected chi connectivity index (χ0v) is 20.8. The van der Waals surface area contributed by atoms with Gasteiger partial charge in [0.25, 0.3) is 11.8 Å². The molecule has 0 radical (unpaired) electrons. The van der Waals surface area contributed by atoms with Crippen molar-refractivity contribution >= 4 is 34.4 Å². The van der Waals surface area contributed by atoms with Gasteiger partial charge < -0.3 is 21.1 Å². The summed E-state index contributed by atoms with van der Waals surface area (Å²) in [4.78, 5) is 37.3. The lowest BCUT2D eigenvalue weighted by Crippen LogP contribution is -2.45. The Morgan fingerprint density at radius 1 is 1.21 bits per heavy atom. The lowest BCUT2D eigenvalue weighted by molar-refractivity contribution is -0.154. The molecule has 0 unspecified atom stereocenters. The Kier molecular flexibility index (Phi) is 6.23. The lowest BCUT2D eigenvalue weighted by Gasteiger charge is -2.34. The van der Waals surface area contributed by atoms with Gasteiger partial charge in [-0.05, 0) is 31.5 Å². The van der Waals surface area contributed by atoms with Crippen LogP contribution >= 0.6 is 11.8 Å². The van der Waals surface area contributed by atoms with E-state index in [1.54, 1.807) is 6.92 Å². The molecule has 0 spiro atoms. The highest BCUT2D eigenvalue weighted by Crippen LogP contribution is 2.66. The van der Waals surface area contributed by atoms with Gasteiger partial charge in [0.15, 0.2) is 11.8 Å². The number of nitrogens with one attached hydrogen (secondary N) is 2. The smallest absolute Gasteiger partial charge is 0.422 e. The number of fused-ring (bicyclic) bond motifs is 1. The Morgan fingerprint density at radius 3 is 2.54 bits per heavy atom. The van der Waals surface area contributed by atoms with E-state index in [4.69, 9.17) is 5.73 Å². The number of alkyl halides is 5. The molecule has 2 heterocycles. The van der Waals surface area contributed by atoms with Crippen molar-refractivity contribution < 1.29 is 40.7 Å². The van der Waals surface area contributed by atoms with Gasteiger partial charge in [0.1, 0.15) is 16.3 Å². The molecule has 4 atom stereocenters. The summed E-state index contributed by atoms with van der Waals surface area (Å²) in [7, 11) is 0. The van der Waals surface area contributed by atoms with Crippen LogP contribution in [0.2, 0.25) is 0 Å². The summed E-state index contributed by atoms with van der Waals surface area (Å²) in [5.74, 6) is -6.06. The molecule has 2 aliphatic carbocycles. The fraction of sp³-hybridized carbons (Fsp3) is 0.435. The molecule has 16 heteroatoms. The number of rotatable bonds is 7. The average molecular weight is 575 g/mol. The number of amides is 2. The highest BCUT2D eigenvalue weighted by atomic mass is 32.2.